The van der Waals surface area contributed by atoms with Gasteiger partial charge in [-0.05, 0) is 18.6 Å². The van der Waals surface area contributed by atoms with Crippen molar-refractivity contribution in [3.05, 3.63) is 54.1 Å². The van der Waals surface area contributed by atoms with Crippen LogP contribution < -0.4 is 4.74 Å². The summed E-state index contributed by atoms with van der Waals surface area (Å²) in [5.74, 6) is 2.50. The molecule has 1 aliphatic heterocycles. The smallest absolute Gasteiger partial charge is 0.223 e. The predicted octanol–water partition coefficient (Wildman–Crippen LogP) is 3.12. The van der Waals surface area contributed by atoms with Crippen molar-refractivity contribution in [2.24, 2.45) is 0 Å². The zero-order chi connectivity index (χ0) is 23.7. The van der Waals surface area contributed by atoms with E-state index in [4.69, 9.17) is 9.26 Å². The Balaban J connectivity index is 1.41. The van der Waals surface area contributed by atoms with E-state index in [9.17, 15) is 4.79 Å². The second-order valence-corrected chi connectivity index (χ2v) is 8.44. The van der Waals surface area contributed by atoms with Crippen molar-refractivity contribution >= 4 is 16.8 Å². The number of benzene rings is 1. The van der Waals surface area contributed by atoms with Gasteiger partial charge in [0.1, 0.15) is 5.82 Å². The van der Waals surface area contributed by atoms with Gasteiger partial charge in [0, 0.05) is 38.9 Å². The number of aryl methyl sites for hydroxylation is 1. The molecule has 1 fully saturated rings. The van der Waals surface area contributed by atoms with Crippen molar-refractivity contribution < 1.29 is 14.1 Å². The number of rotatable bonds is 5. The number of hydrogen-bond acceptors (Lipinski definition) is 8. The largest absolute Gasteiger partial charge is 0.480 e. The number of carbonyl (C=O) groups excluding carboxylic acids is 1. The fourth-order valence-electron chi connectivity index (χ4n) is 4.49. The summed E-state index contributed by atoms with van der Waals surface area (Å²) in [5.41, 5.74) is 2.50. The van der Waals surface area contributed by atoms with E-state index < -0.39 is 0 Å². The van der Waals surface area contributed by atoms with Gasteiger partial charge in [0.2, 0.25) is 17.7 Å². The van der Waals surface area contributed by atoms with Crippen LogP contribution in [0.4, 0.5) is 0 Å². The highest BCUT2D eigenvalue weighted by Crippen LogP contribution is 2.33. The number of imidazole rings is 1. The van der Waals surface area contributed by atoms with Crippen LogP contribution in [0, 0.1) is 6.92 Å². The first kappa shape index (κ1) is 22.0. The van der Waals surface area contributed by atoms with Crippen LogP contribution in [0.2, 0.25) is 0 Å². The summed E-state index contributed by atoms with van der Waals surface area (Å²) in [4.78, 5) is 33.7. The number of nitrogens with zero attached hydrogens (tertiary/aromatic N) is 6. The maximum Gasteiger partial charge on any atom is 0.223 e. The summed E-state index contributed by atoms with van der Waals surface area (Å²) in [6.45, 7) is 6.05. The second kappa shape index (κ2) is 9.22. The molecule has 0 spiro atoms. The molecule has 1 aliphatic rings. The molecule has 0 aliphatic carbocycles. The fourth-order valence-corrected chi connectivity index (χ4v) is 4.49. The van der Waals surface area contributed by atoms with E-state index in [1.54, 1.807) is 27.2 Å². The minimum absolute atomic E-state index is 0.0187. The number of amides is 1. The molecule has 3 aromatic heterocycles. The molecule has 1 N–H and O–H groups in total. The van der Waals surface area contributed by atoms with Gasteiger partial charge in [0.05, 0.1) is 42.7 Å². The molecule has 176 valence electrons. The Morgan fingerprint density at radius 1 is 1.24 bits per heavy atom. The van der Waals surface area contributed by atoms with Crippen molar-refractivity contribution in [2.45, 2.75) is 32.9 Å². The third-order valence-electron chi connectivity index (χ3n) is 6.17. The number of methoxy groups -OCH3 is 1. The highest BCUT2D eigenvalue weighted by atomic mass is 16.5. The molecule has 10 heteroatoms. The number of pyridine rings is 1. The first-order valence-electron chi connectivity index (χ1n) is 11.3. The number of ether oxygens (including phenoxy) is 1. The van der Waals surface area contributed by atoms with E-state index >= 15 is 0 Å². The van der Waals surface area contributed by atoms with E-state index in [1.165, 1.54) is 0 Å². The summed E-state index contributed by atoms with van der Waals surface area (Å²) in [6.07, 6.45) is 2.52. The minimum Gasteiger partial charge on any atom is -0.480 e. The summed E-state index contributed by atoms with van der Waals surface area (Å²) in [5, 5.41) is 5.02. The first-order chi connectivity index (χ1) is 16.5. The van der Waals surface area contributed by atoms with E-state index in [1.807, 2.05) is 35.2 Å². The maximum absolute atomic E-state index is 12.5. The number of nitrogens with one attached hydrogen (secondary N) is 1. The summed E-state index contributed by atoms with van der Waals surface area (Å²) in [6, 6.07) is 9.79. The van der Waals surface area contributed by atoms with E-state index in [0.717, 1.165) is 47.5 Å². The van der Waals surface area contributed by atoms with Gasteiger partial charge in [-0.2, -0.15) is 4.98 Å². The molecule has 0 bridgehead atoms. The predicted molar refractivity (Wildman–Crippen MR) is 125 cm³/mol. The molecule has 10 nitrogen and oxygen atoms in total. The third-order valence-corrected chi connectivity index (χ3v) is 6.17. The number of carbonyl (C=O) groups is 1. The quantitative estimate of drug-likeness (QED) is 0.482. The van der Waals surface area contributed by atoms with E-state index in [2.05, 4.69) is 30.0 Å². The highest BCUT2D eigenvalue weighted by molar-refractivity contribution is 5.85. The van der Waals surface area contributed by atoms with E-state index in [0.29, 0.717) is 30.7 Å². The average molecular weight is 462 g/mol. The van der Waals surface area contributed by atoms with Gasteiger partial charge in [-0.3, -0.25) is 9.69 Å². The number of para-hydroxylation sites is 1. The van der Waals surface area contributed by atoms with Gasteiger partial charge in [0.15, 0.2) is 5.82 Å². The molecule has 1 saturated heterocycles. The van der Waals surface area contributed by atoms with Gasteiger partial charge in [-0.1, -0.05) is 23.4 Å². The lowest BCUT2D eigenvalue weighted by Gasteiger charge is -2.27. The number of H-pyrrole nitrogens is 1. The Hall–Kier alpha value is -3.79. The zero-order valence-corrected chi connectivity index (χ0v) is 19.5. The van der Waals surface area contributed by atoms with Crippen LogP contribution in [0.5, 0.6) is 5.88 Å². The lowest BCUT2D eigenvalue weighted by Crippen LogP contribution is -2.36. The van der Waals surface area contributed by atoms with Crippen molar-refractivity contribution in [2.75, 3.05) is 26.7 Å². The number of fused-ring (bicyclic) bond motifs is 1. The first-order valence-corrected chi connectivity index (χ1v) is 11.3. The molecule has 0 saturated carbocycles. The van der Waals surface area contributed by atoms with Crippen LogP contribution in [0.25, 0.3) is 22.2 Å². The Bertz CT molecular complexity index is 1310. The Morgan fingerprint density at radius 2 is 2.09 bits per heavy atom. The molecule has 34 heavy (non-hydrogen) atoms. The SMILES string of the molecule is COc1nc2ccccc2cc1-c1cnc(C2CCN(Cc3noc(C)n3)CCN2C(C)=O)[nH]1. The van der Waals surface area contributed by atoms with E-state index in [-0.39, 0.29) is 11.9 Å². The monoisotopic (exact) mass is 461 g/mol. The van der Waals surface area contributed by atoms with Crippen molar-refractivity contribution in [1.82, 2.24) is 34.9 Å². The topological polar surface area (TPSA) is 113 Å². The van der Waals surface area contributed by atoms with Crippen LogP contribution in [0.15, 0.2) is 41.1 Å². The third kappa shape index (κ3) is 4.36. The van der Waals surface area contributed by atoms with Gasteiger partial charge >= 0.3 is 0 Å². The molecule has 1 atom stereocenters. The number of hydrogen-bond donors (Lipinski definition) is 1. The summed E-state index contributed by atoms with van der Waals surface area (Å²) in [7, 11) is 1.61. The molecule has 4 aromatic rings. The van der Waals surface area contributed by atoms with Crippen LogP contribution in [-0.2, 0) is 11.3 Å². The summed E-state index contributed by atoms with van der Waals surface area (Å²) < 4.78 is 10.7. The molecular formula is C24H27N7O3. The Labute approximate surface area is 196 Å². The van der Waals surface area contributed by atoms with Gasteiger partial charge in [-0.25, -0.2) is 9.97 Å². The Kier molecular flexibility index (Phi) is 5.97. The standard InChI is InChI=1S/C24H27N7O3/c1-15-26-22(29-34-15)14-30-9-8-21(31(11-10-30)16(2)32)23-25-13-20(27-23)18-12-17-6-4-5-7-19(17)28-24(18)33-3/h4-7,12-13,21H,8-11,14H2,1-3H3,(H,25,27). The lowest BCUT2D eigenvalue weighted by molar-refractivity contribution is -0.131. The average Bonchev–Trinajstić information content (AvgIpc) is 3.43. The minimum atomic E-state index is -0.164. The van der Waals surface area contributed by atoms with Crippen molar-refractivity contribution in [3.63, 3.8) is 0 Å². The van der Waals surface area contributed by atoms with Gasteiger partial charge < -0.3 is 19.1 Å². The van der Waals surface area contributed by atoms with Gasteiger partial charge in [0.25, 0.3) is 0 Å². The number of aromatic amines is 1. The van der Waals surface area contributed by atoms with Crippen molar-refractivity contribution in [3.8, 4) is 17.1 Å². The second-order valence-electron chi connectivity index (χ2n) is 8.44. The number of aromatic nitrogens is 5. The summed E-state index contributed by atoms with van der Waals surface area (Å²) >= 11 is 0. The maximum atomic E-state index is 12.5. The lowest BCUT2D eigenvalue weighted by atomic mass is 10.1. The molecule has 1 unspecified atom stereocenters. The molecule has 5 rings (SSSR count). The highest BCUT2D eigenvalue weighted by Gasteiger charge is 2.30. The Morgan fingerprint density at radius 3 is 2.85 bits per heavy atom. The zero-order valence-electron chi connectivity index (χ0n) is 19.5. The molecular weight excluding hydrogens is 434 g/mol. The molecule has 0 radical (unpaired) electrons. The van der Waals surface area contributed by atoms with Crippen LogP contribution in [0.3, 0.4) is 0 Å². The molecule has 4 heterocycles. The normalized spacial score (nSPS) is 17.1. The van der Waals surface area contributed by atoms with Crippen LogP contribution in [0.1, 0.15) is 36.9 Å². The molecule has 1 amide bonds. The van der Waals surface area contributed by atoms with Gasteiger partial charge in [-0.15, -0.1) is 0 Å². The van der Waals surface area contributed by atoms with Crippen LogP contribution in [-0.4, -0.2) is 67.5 Å². The molecule has 1 aromatic carbocycles. The fraction of sp³-hybridized carbons (Fsp3) is 0.375. The van der Waals surface area contributed by atoms with Crippen LogP contribution >= 0.6 is 0 Å². The van der Waals surface area contributed by atoms with Crippen molar-refractivity contribution in [1.29, 1.82) is 0 Å².